The third-order valence-electron chi connectivity index (χ3n) is 5.11. The van der Waals surface area contributed by atoms with E-state index in [0.717, 1.165) is 24.1 Å². The number of carbonyl (C=O) groups is 1. The Kier molecular flexibility index (Phi) is 6.05. The molecule has 1 saturated heterocycles. The van der Waals surface area contributed by atoms with Crippen molar-refractivity contribution in [2.45, 2.75) is 44.6 Å². The first-order valence-electron chi connectivity index (χ1n) is 9.52. The average molecular weight is 402 g/mol. The van der Waals surface area contributed by atoms with E-state index in [0.29, 0.717) is 18.8 Å². The van der Waals surface area contributed by atoms with Crippen molar-refractivity contribution in [2.75, 3.05) is 23.7 Å². The zero-order valence-corrected chi connectivity index (χ0v) is 17.3. The third kappa shape index (κ3) is 4.54. The van der Waals surface area contributed by atoms with Crippen molar-refractivity contribution in [3.8, 4) is 0 Å². The quantitative estimate of drug-likeness (QED) is 0.776. The molecule has 0 saturated carbocycles. The molecule has 150 valence electrons. The van der Waals surface area contributed by atoms with Gasteiger partial charge in [0.25, 0.3) is 0 Å². The lowest BCUT2D eigenvalue weighted by atomic mass is 10.1. The summed E-state index contributed by atoms with van der Waals surface area (Å²) in [6, 6.07) is 11.9. The second kappa shape index (κ2) is 8.32. The molecule has 0 bridgehead atoms. The molecule has 0 spiro atoms. The number of hydrogen-bond acceptors (Lipinski definition) is 4. The van der Waals surface area contributed by atoms with E-state index in [4.69, 9.17) is 0 Å². The van der Waals surface area contributed by atoms with E-state index < -0.39 is 16.1 Å². The van der Waals surface area contributed by atoms with Crippen LogP contribution in [0.25, 0.3) is 0 Å². The second-order valence-electron chi connectivity index (χ2n) is 7.29. The molecule has 2 aromatic carbocycles. The monoisotopic (exact) mass is 401 g/mol. The van der Waals surface area contributed by atoms with Gasteiger partial charge in [0.15, 0.2) is 0 Å². The molecular weight excluding hydrogens is 374 g/mol. The minimum Gasteiger partial charge on any atom is -0.374 e. The standard InChI is InChI=1S/C21H27N3O3S/c1-15-6-7-19(14-16(15)2)22-17(3)21(25)23-18-8-10-20(11-9-18)28(26,27)24-12-4-5-13-24/h6-11,14,17,22H,4-5,12-13H2,1-3H3,(H,23,25)/t17-/m1/s1. The summed E-state index contributed by atoms with van der Waals surface area (Å²) in [4.78, 5) is 12.7. The van der Waals surface area contributed by atoms with Gasteiger partial charge >= 0.3 is 0 Å². The smallest absolute Gasteiger partial charge is 0.246 e. The van der Waals surface area contributed by atoms with Crippen LogP contribution < -0.4 is 10.6 Å². The molecule has 1 aliphatic heterocycles. The average Bonchev–Trinajstić information content (AvgIpc) is 3.21. The Labute approximate surface area is 167 Å². The molecule has 6 nitrogen and oxygen atoms in total. The van der Waals surface area contributed by atoms with Crippen molar-refractivity contribution in [3.05, 3.63) is 53.6 Å². The molecule has 3 rings (SSSR count). The Morgan fingerprint density at radius 3 is 2.18 bits per heavy atom. The maximum Gasteiger partial charge on any atom is 0.246 e. The van der Waals surface area contributed by atoms with Gasteiger partial charge in [-0.3, -0.25) is 4.79 Å². The number of aryl methyl sites for hydroxylation is 2. The topological polar surface area (TPSA) is 78.5 Å². The molecule has 2 aromatic rings. The van der Waals surface area contributed by atoms with Crippen LogP contribution in [0.2, 0.25) is 0 Å². The van der Waals surface area contributed by atoms with Gasteiger partial charge in [-0.15, -0.1) is 0 Å². The van der Waals surface area contributed by atoms with Crippen LogP contribution in [0.3, 0.4) is 0 Å². The molecule has 0 aromatic heterocycles. The van der Waals surface area contributed by atoms with Gasteiger partial charge in [-0.2, -0.15) is 4.31 Å². The van der Waals surface area contributed by atoms with Gasteiger partial charge < -0.3 is 10.6 Å². The molecule has 1 fully saturated rings. The van der Waals surface area contributed by atoms with Crippen molar-refractivity contribution in [1.29, 1.82) is 0 Å². The normalized spacial score (nSPS) is 16.0. The van der Waals surface area contributed by atoms with Crippen LogP contribution in [0.1, 0.15) is 30.9 Å². The van der Waals surface area contributed by atoms with Crippen molar-refractivity contribution in [3.63, 3.8) is 0 Å². The number of nitrogens with one attached hydrogen (secondary N) is 2. The predicted octanol–water partition coefficient (Wildman–Crippen LogP) is 3.53. The lowest BCUT2D eigenvalue weighted by molar-refractivity contribution is -0.116. The van der Waals surface area contributed by atoms with Crippen LogP contribution in [-0.4, -0.2) is 37.8 Å². The first kappa shape index (κ1) is 20.4. The molecule has 0 unspecified atom stereocenters. The van der Waals surface area contributed by atoms with Crippen molar-refractivity contribution in [1.82, 2.24) is 4.31 Å². The van der Waals surface area contributed by atoms with Gasteiger partial charge in [0.05, 0.1) is 4.90 Å². The van der Waals surface area contributed by atoms with Gasteiger partial charge in [0, 0.05) is 24.5 Å². The first-order valence-corrected chi connectivity index (χ1v) is 11.0. The van der Waals surface area contributed by atoms with Gasteiger partial charge in [-0.05, 0) is 81.1 Å². The SMILES string of the molecule is Cc1ccc(N[C@H](C)C(=O)Nc2ccc(S(=O)(=O)N3CCCC3)cc2)cc1C. The van der Waals surface area contributed by atoms with Crippen LogP contribution in [0.15, 0.2) is 47.4 Å². The summed E-state index contributed by atoms with van der Waals surface area (Å²) in [7, 11) is -3.44. The number of rotatable bonds is 6. The summed E-state index contributed by atoms with van der Waals surface area (Å²) in [5.41, 5.74) is 3.82. The Morgan fingerprint density at radius 2 is 1.57 bits per heavy atom. The van der Waals surface area contributed by atoms with Crippen LogP contribution in [0.4, 0.5) is 11.4 Å². The highest BCUT2D eigenvalue weighted by molar-refractivity contribution is 7.89. The minimum atomic E-state index is -3.44. The maximum atomic E-state index is 12.6. The van der Waals surface area contributed by atoms with E-state index in [9.17, 15) is 13.2 Å². The molecule has 1 amide bonds. The van der Waals surface area contributed by atoms with Crippen LogP contribution in [0.5, 0.6) is 0 Å². The van der Waals surface area contributed by atoms with E-state index in [-0.39, 0.29) is 10.8 Å². The summed E-state index contributed by atoms with van der Waals surface area (Å²) >= 11 is 0. The number of benzene rings is 2. The molecule has 7 heteroatoms. The first-order chi connectivity index (χ1) is 13.3. The second-order valence-corrected chi connectivity index (χ2v) is 9.23. The highest BCUT2D eigenvalue weighted by Gasteiger charge is 2.27. The largest absolute Gasteiger partial charge is 0.374 e. The zero-order valence-electron chi connectivity index (χ0n) is 16.5. The van der Waals surface area contributed by atoms with E-state index in [1.807, 2.05) is 32.0 Å². The minimum absolute atomic E-state index is 0.187. The lowest BCUT2D eigenvalue weighted by Gasteiger charge is -2.17. The van der Waals surface area contributed by atoms with E-state index in [1.54, 1.807) is 31.2 Å². The third-order valence-corrected chi connectivity index (χ3v) is 7.02. The van der Waals surface area contributed by atoms with Gasteiger partial charge in [-0.1, -0.05) is 6.07 Å². The van der Waals surface area contributed by atoms with E-state index in [2.05, 4.69) is 10.6 Å². The number of sulfonamides is 1. The molecule has 1 atom stereocenters. The van der Waals surface area contributed by atoms with Crippen molar-refractivity contribution < 1.29 is 13.2 Å². The molecular formula is C21H27N3O3S. The zero-order chi connectivity index (χ0) is 20.3. The number of carbonyl (C=O) groups excluding carboxylic acids is 1. The van der Waals surface area contributed by atoms with Crippen LogP contribution in [-0.2, 0) is 14.8 Å². The van der Waals surface area contributed by atoms with Crippen LogP contribution >= 0.6 is 0 Å². The number of anilines is 2. The van der Waals surface area contributed by atoms with E-state index in [1.165, 1.54) is 9.87 Å². The fraction of sp³-hybridized carbons (Fsp3) is 0.381. The van der Waals surface area contributed by atoms with Gasteiger partial charge in [0.1, 0.15) is 6.04 Å². The summed E-state index contributed by atoms with van der Waals surface area (Å²) in [5, 5.41) is 6.01. The lowest BCUT2D eigenvalue weighted by Crippen LogP contribution is -2.32. The molecule has 28 heavy (non-hydrogen) atoms. The van der Waals surface area contributed by atoms with E-state index >= 15 is 0 Å². The summed E-state index contributed by atoms with van der Waals surface area (Å²) < 4.78 is 26.6. The van der Waals surface area contributed by atoms with Crippen molar-refractivity contribution >= 4 is 27.3 Å². The number of hydrogen-bond donors (Lipinski definition) is 2. The van der Waals surface area contributed by atoms with Gasteiger partial charge in [-0.25, -0.2) is 8.42 Å². The summed E-state index contributed by atoms with van der Waals surface area (Å²) in [6.45, 7) is 7.01. The molecule has 0 radical (unpaired) electrons. The maximum absolute atomic E-state index is 12.6. The molecule has 1 aliphatic rings. The van der Waals surface area contributed by atoms with Crippen LogP contribution in [0, 0.1) is 13.8 Å². The Bertz CT molecular complexity index is 949. The summed E-state index contributed by atoms with van der Waals surface area (Å²) in [6.07, 6.45) is 1.80. The highest BCUT2D eigenvalue weighted by atomic mass is 32.2. The molecule has 1 heterocycles. The number of amides is 1. The fourth-order valence-corrected chi connectivity index (χ4v) is 4.70. The predicted molar refractivity (Wildman–Crippen MR) is 112 cm³/mol. The summed E-state index contributed by atoms with van der Waals surface area (Å²) in [5.74, 6) is -0.187. The van der Waals surface area contributed by atoms with Gasteiger partial charge in [0.2, 0.25) is 15.9 Å². The Morgan fingerprint density at radius 1 is 0.964 bits per heavy atom. The molecule has 2 N–H and O–H groups in total. The van der Waals surface area contributed by atoms with Crippen molar-refractivity contribution in [2.24, 2.45) is 0 Å². The Hall–Kier alpha value is -2.38. The highest BCUT2D eigenvalue weighted by Crippen LogP contribution is 2.22. The molecule has 0 aliphatic carbocycles. The number of nitrogens with zero attached hydrogens (tertiary/aromatic N) is 1. The fourth-order valence-electron chi connectivity index (χ4n) is 3.19. The Balaban J connectivity index is 1.62.